The maximum Gasteiger partial charge on any atom is 0.0931 e. The van der Waals surface area contributed by atoms with Crippen molar-refractivity contribution in [3.8, 4) is 0 Å². The largest absolute Gasteiger partial charge is 0.316 e. The van der Waals surface area contributed by atoms with Crippen LogP contribution in [0.4, 0.5) is 0 Å². The molecule has 2 rings (SSSR count). The van der Waals surface area contributed by atoms with Crippen LogP contribution in [0.2, 0.25) is 9.36 Å². The first kappa shape index (κ1) is 13.9. The Morgan fingerprint density at radius 2 is 1.78 bits per heavy atom. The number of benzene rings is 1. The molecular weight excluding hydrogens is 285 g/mol. The predicted octanol–water partition coefficient (Wildman–Crippen LogP) is 4.43. The molecule has 0 aliphatic carbocycles. The molecule has 18 heavy (non-hydrogen) atoms. The van der Waals surface area contributed by atoms with Gasteiger partial charge < -0.3 is 5.32 Å². The lowest BCUT2D eigenvalue weighted by molar-refractivity contribution is 0.560. The van der Waals surface area contributed by atoms with Crippen molar-refractivity contribution in [2.24, 2.45) is 0 Å². The Hall–Kier alpha value is -0.540. The molecule has 1 aromatic heterocycles. The average Bonchev–Trinajstić information content (AvgIpc) is 2.77. The molecule has 0 radical (unpaired) electrons. The number of hydrogen-bond acceptors (Lipinski definition) is 2. The fourth-order valence-electron chi connectivity index (χ4n) is 1.89. The van der Waals surface area contributed by atoms with E-state index in [0.29, 0.717) is 6.04 Å². The van der Waals surface area contributed by atoms with E-state index in [9.17, 15) is 0 Å². The lowest BCUT2D eigenvalue weighted by Crippen LogP contribution is -2.29. The molecule has 0 spiro atoms. The van der Waals surface area contributed by atoms with Gasteiger partial charge in [-0.2, -0.15) is 0 Å². The number of nitrogens with one attached hydrogen (secondary N) is 1. The fraction of sp³-hybridized carbons (Fsp3) is 0.286. The van der Waals surface area contributed by atoms with Gasteiger partial charge in [-0.25, -0.2) is 0 Å². The lowest BCUT2D eigenvalue weighted by atomic mass is 10.0. The van der Waals surface area contributed by atoms with Gasteiger partial charge in [-0.05, 0) is 49.7 Å². The summed E-state index contributed by atoms with van der Waals surface area (Å²) in [5.74, 6) is 0. The van der Waals surface area contributed by atoms with Gasteiger partial charge in [0.1, 0.15) is 0 Å². The lowest BCUT2D eigenvalue weighted by Gasteiger charge is -2.15. The Bertz CT molecular complexity index is 493. The van der Waals surface area contributed by atoms with Crippen molar-refractivity contribution in [1.29, 1.82) is 0 Å². The van der Waals surface area contributed by atoms with Crippen molar-refractivity contribution in [3.63, 3.8) is 0 Å². The fourth-order valence-corrected chi connectivity index (χ4v) is 3.18. The summed E-state index contributed by atoms with van der Waals surface area (Å²) >= 11 is 13.5. The van der Waals surface area contributed by atoms with E-state index in [1.54, 1.807) is 11.3 Å². The van der Waals surface area contributed by atoms with Crippen LogP contribution in [0.25, 0.3) is 0 Å². The number of hydrogen-bond donors (Lipinski definition) is 1. The van der Waals surface area contributed by atoms with Crippen LogP contribution in [-0.2, 0) is 12.8 Å². The maximum atomic E-state index is 5.95. The van der Waals surface area contributed by atoms with Crippen LogP contribution in [0.5, 0.6) is 0 Å². The first-order valence-electron chi connectivity index (χ1n) is 5.83. The molecule has 1 unspecified atom stereocenters. The van der Waals surface area contributed by atoms with E-state index in [1.165, 1.54) is 10.4 Å². The van der Waals surface area contributed by atoms with Gasteiger partial charge in [0.2, 0.25) is 0 Å². The van der Waals surface area contributed by atoms with Crippen LogP contribution in [0, 0.1) is 0 Å². The predicted molar refractivity (Wildman–Crippen MR) is 81.0 cm³/mol. The van der Waals surface area contributed by atoms with E-state index < -0.39 is 0 Å². The molecule has 0 aliphatic heterocycles. The van der Waals surface area contributed by atoms with E-state index in [1.807, 2.05) is 25.2 Å². The van der Waals surface area contributed by atoms with E-state index in [0.717, 1.165) is 22.2 Å². The zero-order valence-electron chi connectivity index (χ0n) is 10.1. The van der Waals surface area contributed by atoms with Crippen molar-refractivity contribution in [1.82, 2.24) is 5.32 Å². The van der Waals surface area contributed by atoms with Crippen molar-refractivity contribution in [2.75, 3.05) is 7.05 Å². The molecule has 96 valence electrons. The molecule has 0 bridgehead atoms. The molecule has 1 heterocycles. The Kier molecular flexibility index (Phi) is 5.07. The third-order valence-corrected chi connectivity index (χ3v) is 4.39. The molecule has 0 saturated carbocycles. The molecule has 4 heteroatoms. The highest BCUT2D eigenvalue weighted by Crippen LogP contribution is 2.23. The summed E-state index contributed by atoms with van der Waals surface area (Å²) in [6, 6.07) is 12.5. The monoisotopic (exact) mass is 299 g/mol. The number of likely N-dealkylation sites (N-methyl/N-ethyl adjacent to an activating group) is 1. The summed E-state index contributed by atoms with van der Waals surface area (Å²) in [4.78, 5) is 1.31. The second-order valence-electron chi connectivity index (χ2n) is 4.23. The highest BCUT2D eigenvalue weighted by molar-refractivity contribution is 7.16. The molecule has 1 atom stereocenters. The normalized spacial score (nSPS) is 12.6. The maximum absolute atomic E-state index is 5.95. The Morgan fingerprint density at radius 3 is 2.33 bits per heavy atom. The summed E-state index contributed by atoms with van der Waals surface area (Å²) in [5.41, 5.74) is 1.29. The standard InChI is InChI=1S/C14H15Cl2NS/c1-17-12(9-13-6-7-14(16)18-13)8-10-2-4-11(15)5-3-10/h2-7,12,17H,8-9H2,1H3. The highest BCUT2D eigenvalue weighted by Gasteiger charge is 2.10. The van der Waals surface area contributed by atoms with Crippen LogP contribution in [0.15, 0.2) is 36.4 Å². The van der Waals surface area contributed by atoms with Crippen LogP contribution >= 0.6 is 34.5 Å². The van der Waals surface area contributed by atoms with Crippen LogP contribution in [0.3, 0.4) is 0 Å². The number of halogens is 2. The van der Waals surface area contributed by atoms with Gasteiger partial charge in [0.15, 0.2) is 0 Å². The summed E-state index contributed by atoms with van der Waals surface area (Å²) in [6.45, 7) is 0. The van der Waals surface area contributed by atoms with Gasteiger partial charge in [0.05, 0.1) is 4.34 Å². The molecule has 0 fully saturated rings. The molecule has 1 nitrogen and oxygen atoms in total. The number of thiophene rings is 1. The summed E-state index contributed by atoms with van der Waals surface area (Å²) in [7, 11) is 2.00. The summed E-state index contributed by atoms with van der Waals surface area (Å²) in [5, 5.41) is 4.14. The first-order valence-corrected chi connectivity index (χ1v) is 7.40. The molecular formula is C14H15Cl2NS. The quantitative estimate of drug-likeness (QED) is 0.861. The van der Waals surface area contributed by atoms with Gasteiger partial charge >= 0.3 is 0 Å². The van der Waals surface area contributed by atoms with E-state index in [4.69, 9.17) is 23.2 Å². The zero-order valence-corrected chi connectivity index (χ0v) is 12.4. The smallest absolute Gasteiger partial charge is 0.0931 e. The third-order valence-electron chi connectivity index (χ3n) is 2.88. The van der Waals surface area contributed by atoms with E-state index in [2.05, 4.69) is 23.5 Å². The first-order chi connectivity index (χ1) is 8.67. The number of rotatable bonds is 5. The summed E-state index contributed by atoms with van der Waals surface area (Å²) < 4.78 is 0.853. The third kappa shape index (κ3) is 3.99. The van der Waals surface area contributed by atoms with Crippen molar-refractivity contribution in [2.45, 2.75) is 18.9 Å². The minimum Gasteiger partial charge on any atom is -0.316 e. The SMILES string of the molecule is CNC(Cc1ccc(Cl)cc1)Cc1ccc(Cl)s1. The van der Waals surface area contributed by atoms with Crippen LogP contribution in [0.1, 0.15) is 10.4 Å². The molecule has 1 aromatic carbocycles. The van der Waals surface area contributed by atoms with Crippen molar-refractivity contribution >= 4 is 34.5 Å². The summed E-state index contributed by atoms with van der Waals surface area (Å²) in [6.07, 6.45) is 1.99. The Labute approximate surface area is 122 Å². The molecule has 1 N–H and O–H groups in total. The topological polar surface area (TPSA) is 12.0 Å². The van der Waals surface area contributed by atoms with E-state index in [-0.39, 0.29) is 0 Å². The zero-order chi connectivity index (χ0) is 13.0. The average molecular weight is 300 g/mol. The second-order valence-corrected chi connectivity index (χ2v) is 6.46. The highest BCUT2D eigenvalue weighted by atomic mass is 35.5. The van der Waals surface area contributed by atoms with Gasteiger partial charge in [0.25, 0.3) is 0 Å². The molecule has 0 aliphatic rings. The van der Waals surface area contributed by atoms with Gasteiger partial charge in [-0.15, -0.1) is 11.3 Å². The minimum atomic E-state index is 0.417. The minimum absolute atomic E-state index is 0.417. The molecule has 2 aromatic rings. The van der Waals surface area contributed by atoms with Crippen LogP contribution in [-0.4, -0.2) is 13.1 Å². The van der Waals surface area contributed by atoms with Crippen molar-refractivity contribution in [3.05, 3.63) is 56.2 Å². The van der Waals surface area contributed by atoms with Crippen molar-refractivity contribution < 1.29 is 0 Å². The Morgan fingerprint density at radius 1 is 1.06 bits per heavy atom. The Balaban J connectivity index is 1.99. The molecule has 0 saturated heterocycles. The van der Waals surface area contributed by atoms with Gasteiger partial charge in [-0.1, -0.05) is 35.3 Å². The van der Waals surface area contributed by atoms with E-state index >= 15 is 0 Å². The van der Waals surface area contributed by atoms with Gasteiger partial charge in [-0.3, -0.25) is 0 Å². The second kappa shape index (κ2) is 6.58. The molecule has 0 amide bonds. The van der Waals surface area contributed by atoms with Crippen LogP contribution < -0.4 is 5.32 Å². The van der Waals surface area contributed by atoms with Gasteiger partial charge in [0, 0.05) is 15.9 Å².